The summed E-state index contributed by atoms with van der Waals surface area (Å²) in [4.78, 5) is 24.9. The number of carbonyl (C=O) groups is 2. The van der Waals surface area contributed by atoms with Gasteiger partial charge in [0, 0.05) is 13.2 Å². The van der Waals surface area contributed by atoms with Crippen LogP contribution in [0.3, 0.4) is 0 Å². The molecular formula is C22H26N2O3. The second kappa shape index (κ2) is 9.33. The van der Waals surface area contributed by atoms with Gasteiger partial charge in [-0.25, -0.2) is 0 Å². The Labute approximate surface area is 160 Å². The highest BCUT2D eigenvalue weighted by molar-refractivity contribution is 6.04. The number of amides is 2. The lowest BCUT2D eigenvalue weighted by Crippen LogP contribution is -2.32. The molecule has 2 amide bonds. The molecule has 1 atom stereocenters. The van der Waals surface area contributed by atoms with Crippen molar-refractivity contribution in [2.75, 3.05) is 18.5 Å². The summed E-state index contributed by atoms with van der Waals surface area (Å²) < 4.78 is 5.53. The third kappa shape index (κ3) is 5.41. The lowest BCUT2D eigenvalue weighted by molar-refractivity contribution is -0.115. The molecule has 0 bridgehead atoms. The number of hydrogen-bond acceptors (Lipinski definition) is 3. The zero-order valence-electron chi connectivity index (χ0n) is 15.7. The molecule has 0 spiro atoms. The molecule has 1 fully saturated rings. The summed E-state index contributed by atoms with van der Waals surface area (Å²) in [5, 5.41) is 5.77. The molecule has 2 aromatic carbocycles. The summed E-state index contributed by atoms with van der Waals surface area (Å²) in [6.07, 6.45) is 3.33. The van der Waals surface area contributed by atoms with E-state index in [4.69, 9.17) is 4.74 Å². The highest BCUT2D eigenvalue weighted by atomic mass is 16.5. The van der Waals surface area contributed by atoms with E-state index in [1.165, 1.54) is 5.56 Å². The van der Waals surface area contributed by atoms with E-state index >= 15 is 0 Å². The molecule has 142 valence electrons. The van der Waals surface area contributed by atoms with Crippen molar-refractivity contribution in [3.05, 3.63) is 65.2 Å². The average Bonchev–Trinajstić information content (AvgIpc) is 3.21. The van der Waals surface area contributed by atoms with Crippen LogP contribution in [-0.2, 0) is 22.4 Å². The fourth-order valence-corrected chi connectivity index (χ4v) is 3.17. The van der Waals surface area contributed by atoms with Gasteiger partial charge in [-0.2, -0.15) is 0 Å². The van der Waals surface area contributed by atoms with Crippen molar-refractivity contribution in [3.63, 3.8) is 0 Å². The van der Waals surface area contributed by atoms with Crippen molar-refractivity contribution in [2.45, 2.75) is 38.7 Å². The summed E-state index contributed by atoms with van der Waals surface area (Å²) >= 11 is 0. The van der Waals surface area contributed by atoms with Gasteiger partial charge in [-0.3, -0.25) is 9.59 Å². The topological polar surface area (TPSA) is 67.4 Å². The minimum atomic E-state index is -0.200. The van der Waals surface area contributed by atoms with Crippen LogP contribution in [0.4, 0.5) is 5.69 Å². The monoisotopic (exact) mass is 366 g/mol. The van der Waals surface area contributed by atoms with Crippen LogP contribution < -0.4 is 10.6 Å². The number of ether oxygens (including phenoxy) is 1. The van der Waals surface area contributed by atoms with E-state index in [9.17, 15) is 9.59 Å². The van der Waals surface area contributed by atoms with E-state index in [2.05, 4.69) is 17.6 Å². The van der Waals surface area contributed by atoms with Gasteiger partial charge in [0.1, 0.15) is 0 Å². The largest absolute Gasteiger partial charge is 0.376 e. The van der Waals surface area contributed by atoms with Gasteiger partial charge in [0.15, 0.2) is 0 Å². The maximum atomic E-state index is 12.5. The summed E-state index contributed by atoms with van der Waals surface area (Å²) in [5.41, 5.74) is 3.18. The maximum Gasteiger partial charge on any atom is 0.253 e. The normalized spacial score (nSPS) is 16.1. The first-order chi connectivity index (χ1) is 13.2. The molecule has 0 saturated carbocycles. The molecule has 1 aliphatic rings. The molecule has 1 saturated heterocycles. The summed E-state index contributed by atoms with van der Waals surface area (Å²) in [5.74, 6) is -0.340. The summed E-state index contributed by atoms with van der Waals surface area (Å²) in [6.45, 7) is 3.35. The molecule has 1 aliphatic heterocycles. The van der Waals surface area contributed by atoms with Crippen molar-refractivity contribution >= 4 is 17.5 Å². The number of hydrogen-bond donors (Lipinski definition) is 2. The van der Waals surface area contributed by atoms with Gasteiger partial charge in [0.2, 0.25) is 5.91 Å². The molecule has 2 aromatic rings. The van der Waals surface area contributed by atoms with Crippen LogP contribution in [-0.4, -0.2) is 31.1 Å². The number of carbonyl (C=O) groups excluding carboxylic acids is 2. The Kier molecular flexibility index (Phi) is 6.60. The average molecular weight is 366 g/mol. The first-order valence-electron chi connectivity index (χ1n) is 9.52. The third-order valence-electron chi connectivity index (χ3n) is 4.76. The second-order valence-electron chi connectivity index (χ2n) is 6.79. The molecule has 5 heteroatoms. The number of aryl methyl sites for hydroxylation is 1. The van der Waals surface area contributed by atoms with E-state index in [1.54, 1.807) is 18.2 Å². The minimum absolute atomic E-state index is 0.0850. The van der Waals surface area contributed by atoms with Gasteiger partial charge in [0.25, 0.3) is 5.91 Å². The lowest BCUT2D eigenvalue weighted by atomic mass is 10.1. The molecule has 1 heterocycles. The van der Waals surface area contributed by atoms with Crippen LogP contribution in [0.2, 0.25) is 0 Å². The van der Waals surface area contributed by atoms with Crippen LogP contribution in [0.25, 0.3) is 0 Å². The fraction of sp³-hybridized carbons (Fsp3) is 0.364. The Hall–Kier alpha value is -2.66. The molecule has 0 radical (unpaired) electrons. The molecule has 5 nitrogen and oxygen atoms in total. The number of benzene rings is 2. The zero-order chi connectivity index (χ0) is 19.1. The molecular weight excluding hydrogens is 340 g/mol. The Balaban J connectivity index is 1.60. The Morgan fingerprint density at radius 2 is 1.81 bits per heavy atom. The van der Waals surface area contributed by atoms with Gasteiger partial charge in [-0.05, 0) is 42.5 Å². The molecule has 3 rings (SSSR count). The second-order valence-corrected chi connectivity index (χ2v) is 6.79. The molecule has 0 unspecified atom stereocenters. The van der Waals surface area contributed by atoms with E-state index < -0.39 is 0 Å². The van der Waals surface area contributed by atoms with E-state index in [1.807, 2.05) is 30.3 Å². The van der Waals surface area contributed by atoms with Crippen molar-refractivity contribution < 1.29 is 14.3 Å². The Bertz CT molecular complexity index is 780. The standard InChI is InChI=1S/C22H26N2O3/c1-2-16-9-11-17(12-10-16)14-21(25)24-20-8-4-3-7-19(20)22(26)23-15-18-6-5-13-27-18/h3-4,7-12,18H,2,5-6,13-15H2,1H3,(H,23,26)(H,24,25)/t18-/m1/s1. The molecule has 0 aliphatic carbocycles. The first-order valence-corrected chi connectivity index (χ1v) is 9.52. The smallest absolute Gasteiger partial charge is 0.253 e. The van der Waals surface area contributed by atoms with Crippen LogP contribution in [0, 0.1) is 0 Å². The Morgan fingerprint density at radius 3 is 2.52 bits per heavy atom. The number of nitrogens with one attached hydrogen (secondary N) is 2. The summed E-state index contributed by atoms with van der Waals surface area (Å²) in [7, 11) is 0. The third-order valence-corrected chi connectivity index (χ3v) is 4.76. The molecule has 27 heavy (non-hydrogen) atoms. The van der Waals surface area contributed by atoms with Gasteiger partial charge in [-0.1, -0.05) is 43.3 Å². The van der Waals surface area contributed by atoms with Crippen molar-refractivity contribution in [1.29, 1.82) is 0 Å². The first kappa shape index (κ1) is 19.1. The van der Waals surface area contributed by atoms with Crippen LogP contribution in [0.1, 0.15) is 41.3 Å². The minimum Gasteiger partial charge on any atom is -0.376 e. The van der Waals surface area contributed by atoms with Crippen molar-refractivity contribution in [1.82, 2.24) is 5.32 Å². The highest BCUT2D eigenvalue weighted by Gasteiger charge is 2.18. The van der Waals surface area contributed by atoms with Crippen LogP contribution in [0.5, 0.6) is 0 Å². The van der Waals surface area contributed by atoms with Crippen LogP contribution in [0.15, 0.2) is 48.5 Å². The Morgan fingerprint density at radius 1 is 1.07 bits per heavy atom. The van der Waals surface area contributed by atoms with Crippen LogP contribution >= 0.6 is 0 Å². The highest BCUT2D eigenvalue weighted by Crippen LogP contribution is 2.17. The van der Waals surface area contributed by atoms with Gasteiger partial charge < -0.3 is 15.4 Å². The maximum absolute atomic E-state index is 12.5. The number of rotatable bonds is 7. The predicted molar refractivity (Wildman–Crippen MR) is 106 cm³/mol. The fourth-order valence-electron chi connectivity index (χ4n) is 3.17. The predicted octanol–water partition coefficient (Wildman–Crippen LogP) is 3.34. The van der Waals surface area contributed by atoms with E-state index in [0.29, 0.717) is 17.8 Å². The number of para-hydroxylation sites is 1. The van der Waals surface area contributed by atoms with Gasteiger partial charge in [0.05, 0.1) is 23.8 Å². The number of anilines is 1. The molecule has 0 aromatic heterocycles. The lowest BCUT2D eigenvalue weighted by Gasteiger charge is -2.14. The quantitative estimate of drug-likeness (QED) is 0.790. The van der Waals surface area contributed by atoms with E-state index in [0.717, 1.165) is 31.4 Å². The summed E-state index contributed by atoms with van der Waals surface area (Å²) in [6, 6.07) is 15.1. The van der Waals surface area contributed by atoms with E-state index in [-0.39, 0.29) is 24.3 Å². The van der Waals surface area contributed by atoms with Gasteiger partial charge in [-0.15, -0.1) is 0 Å². The SMILES string of the molecule is CCc1ccc(CC(=O)Nc2ccccc2C(=O)NC[C@H]2CCCO2)cc1. The van der Waals surface area contributed by atoms with Gasteiger partial charge >= 0.3 is 0 Å². The molecule has 2 N–H and O–H groups in total. The van der Waals surface area contributed by atoms with Crippen molar-refractivity contribution in [3.8, 4) is 0 Å². The van der Waals surface area contributed by atoms with Crippen molar-refractivity contribution in [2.24, 2.45) is 0 Å². The zero-order valence-corrected chi connectivity index (χ0v) is 15.7.